The fourth-order valence-electron chi connectivity index (χ4n) is 2.85. The second-order valence-corrected chi connectivity index (χ2v) is 5.89. The van der Waals surface area contributed by atoms with Crippen LogP contribution in [-0.2, 0) is 4.74 Å². The average molecular weight is 329 g/mol. The molecule has 6 heteroatoms. The summed E-state index contributed by atoms with van der Waals surface area (Å²) in [5.41, 5.74) is 2.00. The standard InChI is InChI=1S/C18H23N3O3/c1-14-16(17(20-24-14)15-6-3-2-4-7-15)18(22)19-8-5-9-21-10-12-23-13-11-21/h2-4,6-7H,5,8-13H2,1H3,(H,19,22). The Morgan fingerprint density at radius 1 is 1.25 bits per heavy atom. The van der Waals surface area contributed by atoms with Crippen LogP contribution in [0.2, 0.25) is 0 Å². The summed E-state index contributed by atoms with van der Waals surface area (Å²) in [5, 5.41) is 7.03. The van der Waals surface area contributed by atoms with E-state index in [1.54, 1.807) is 6.92 Å². The smallest absolute Gasteiger partial charge is 0.257 e. The van der Waals surface area contributed by atoms with Crippen molar-refractivity contribution in [2.75, 3.05) is 39.4 Å². The SMILES string of the molecule is Cc1onc(-c2ccccc2)c1C(=O)NCCCN1CCOCC1. The quantitative estimate of drug-likeness (QED) is 0.822. The van der Waals surface area contributed by atoms with E-state index in [1.165, 1.54) is 0 Å². The summed E-state index contributed by atoms with van der Waals surface area (Å²) in [6, 6.07) is 9.62. The molecule has 0 unspecified atom stereocenters. The van der Waals surface area contributed by atoms with E-state index in [4.69, 9.17) is 9.26 Å². The summed E-state index contributed by atoms with van der Waals surface area (Å²) < 4.78 is 10.6. The normalized spacial score (nSPS) is 15.4. The fraction of sp³-hybridized carbons (Fsp3) is 0.444. The van der Waals surface area contributed by atoms with E-state index in [2.05, 4.69) is 15.4 Å². The van der Waals surface area contributed by atoms with Crippen LogP contribution in [0.15, 0.2) is 34.9 Å². The van der Waals surface area contributed by atoms with Crippen molar-refractivity contribution in [3.63, 3.8) is 0 Å². The van der Waals surface area contributed by atoms with Crippen LogP contribution >= 0.6 is 0 Å². The number of benzene rings is 1. The van der Waals surface area contributed by atoms with Crippen molar-refractivity contribution < 1.29 is 14.1 Å². The van der Waals surface area contributed by atoms with Crippen LogP contribution in [0.4, 0.5) is 0 Å². The molecule has 1 N–H and O–H groups in total. The molecule has 1 amide bonds. The fourth-order valence-corrected chi connectivity index (χ4v) is 2.85. The second kappa shape index (κ2) is 8.08. The zero-order chi connectivity index (χ0) is 16.8. The van der Waals surface area contributed by atoms with Crippen molar-refractivity contribution >= 4 is 5.91 Å². The van der Waals surface area contributed by atoms with Gasteiger partial charge in [-0.15, -0.1) is 0 Å². The van der Waals surface area contributed by atoms with Gasteiger partial charge in [0.25, 0.3) is 5.91 Å². The van der Waals surface area contributed by atoms with Crippen LogP contribution in [0.25, 0.3) is 11.3 Å². The largest absolute Gasteiger partial charge is 0.379 e. The van der Waals surface area contributed by atoms with Crippen molar-refractivity contribution in [1.29, 1.82) is 0 Å². The third kappa shape index (κ3) is 4.01. The first-order chi connectivity index (χ1) is 11.8. The maximum atomic E-state index is 12.5. The molecular weight excluding hydrogens is 306 g/mol. The molecule has 6 nitrogen and oxygen atoms in total. The van der Waals surface area contributed by atoms with Gasteiger partial charge in [-0.1, -0.05) is 35.5 Å². The van der Waals surface area contributed by atoms with E-state index in [1.807, 2.05) is 30.3 Å². The van der Waals surface area contributed by atoms with E-state index in [0.717, 1.165) is 44.8 Å². The van der Waals surface area contributed by atoms with Crippen molar-refractivity contribution in [3.05, 3.63) is 41.7 Å². The Balaban J connectivity index is 1.56. The van der Waals surface area contributed by atoms with Crippen molar-refractivity contribution in [3.8, 4) is 11.3 Å². The van der Waals surface area contributed by atoms with Gasteiger partial charge in [0.1, 0.15) is 17.0 Å². The van der Waals surface area contributed by atoms with E-state index in [9.17, 15) is 4.79 Å². The summed E-state index contributed by atoms with van der Waals surface area (Å²) in [6.07, 6.45) is 0.913. The monoisotopic (exact) mass is 329 g/mol. The molecule has 1 aliphatic heterocycles. The number of aromatic nitrogens is 1. The lowest BCUT2D eigenvalue weighted by molar-refractivity contribution is 0.0374. The van der Waals surface area contributed by atoms with Gasteiger partial charge in [0.2, 0.25) is 0 Å². The summed E-state index contributed by atoms with van der Waals surface area (Å²) in [6.45, 7) is 6.90. The Labute approximate surface area is 141 Å². The molecule has 0 saturated carbocycles. The number of carbonyl (C=O) groups is 1. The molecule has 1 aromatic heterocycles. The van der Waals surface area contributed by atoms with Gasteiger partial charge in [0.05, 0.1) is 13.2 Å². The van der Waals surface area contributed by atoms with Crippen LogP contribution < -0.4 is 5.32 Å². The predicted molar refractivity (Wildman–Crippen MR) is 90.9 cm³/mol. The molecule has 0 aliphatic carbocycles. The van der Waals surface area contributed by atoms with Crippen molar-refractivity contribution in [1.82, 2.24) is 15.4 Å². The highest BCUT2D eigenvalue weighted by atomic mass is 16.5. The topological polar surface area (TPSA) is 67.6 Å². The molecule has 1 aromatic carbocycles. The summed E-state index contributed by atoms with van der Waals surface area (Å²) >= 11 is 0. The van der Waals surface area contributed by atoms with Crippen molar-refractivity contribution in [2.45, 2.75) is 13.3 Å². The number of nitrogens with zero attached hydrogens (tertiary/aromatic N) is 2. The molecule has 1 fully saturated rings. The average Bonchev–Trinajstić information content (AvgIpc) is 3.02. The lowest BCUT2D eigenvalue weighted by Gasteiger charge is -2.26. The van der Waals surface area contributed by atoms with E-state index < -0.39 is 0 Å². The Hall–Kier alpha value is -2.18. The first-order valence-electron chi connectivity index (χ1n) is 8.35. The molecule has 1 aliphatic rings. The highest BCUT2D eigenvalue weighted by Gasteiger charge is 2.21. The first kappa shape index (κ1) is 16.7. The van der Waals surface area contributed by atoms with Crippen LogP contribution in [-0.4, -0.2) is 55.4 Å². The van der Waals surface area contributed by atoms with Crippen molar-refractivity contribution in [2.24, 2.45) is 0 Å². The van der Waals surface area contributed by atoms with Gasteiger partial charge in [-0.05, 0) is 19.9 Å². The van der Waals surface area contributed by atoms with E-state index in [-0.39, 0.29) is 5.91 Å². The van der Waals surface area contributed by atoms with Crippen LogP contribution in [0, 0.1) is 6.92 Å². The van der Waals surface area contributed by atoms with Crippen LogP contribution in [0.1, 0.15) is 22.5 Å². The number of nitrogens with one attached hydrogen (secondary N) is 1. The third-order valence-electron chi connectivity index (χ3n) is 4.18. The zero-order valence-corrected chi connectivity index (χ0v) is 14.0. The number of rotatable bonds is 6. The van der Waals surface area contributed by atoms with Gasteiger partial charge in [0, 0.05) is 25.2 Å². The minimum Gasteiger partial charge on any atom is -0.379 e. The highest BCUT2D eigenvalue weighted by Crippen LogP contribution is 2.24. The van der Waals surface area contributed by atoms with Crippen LogP contribution in [0.3, 0.4) is 0 Å². The number of amides is 1. The molecule has 24 heavy (non-hydrogen) atoms. The molecule has 2 aromatic rings. The van der Waals surface area contributed by atoms with Gasteiger partial charge in [-0.25, -0.2) is 0 Å². The molecule has 1 saturated heterocycles. The Bertz CT molecular complexity index is 663. The number of hydrogen-bond donors (Lipinski definition) is 1. The number of aryl methyl sites for hydroxylation is 1. The molecule has 0 atom stereocenters. The maximum Gasteiger partial charge on any atom is 0.257 e. The van der Waals surface area contributed by atoms with E-state index >= 15 is 0 Å². The van der Waals surface area contributed by atoms with Gasteiger partial charge in [0.15, 0.2) is 0 Å². The minimum absolute atomic E-state index is 0.130. The minimum atomic E-state index is -0.130. The molecule has 0 radical (unpaired) electrons. The highest BCUT2D eigenvalue weighted by molar-refractivity contribution is 6.00. The molecule has 2 heterocycles. The lowest BCUT2D eigenvalue weighted by Crippen LogP contribution is -2.38. The zero-order valence-electron chi connectivity index (χ0n) is 14.0. The summed E-state index contributed by atoms with van der Waals surface area (Å²) in [7, 11) is 0. The van der Waals surface area contributed by atoms with Gasteiger partial charge in [-0.2, -0.15) is 0 Å². The first-order valence-corrected chi connectivity index (χ1v) is 8.35. The number of carbonyl (C=O) groups excluding carboxylic acids is 1. The lowest BCUT2D eigenvalue weighted by atomic mass is 10.1. The molecule has 128 valence electrons. The Morgan fingerprint density at radius 2 is 2.00 bits per heavy atom. The van der Waals surface area contributed by atoms with Crippen LogP contribution in [0.5, 0.6) is 0 Å². The van der Waals surface area contributed by atoms with Gasteiger partial charge < -0.3 is 14.6 Å². The maximum absolute atomic E-state index is 12.5. The third-order valence-corrected chi connectivity index (χ3v) is 4.18. The number of ether oxygens (including phenoxy) is 1. The Morgan fingerprint density at radius 3 is 2.75 bits per heavy atom. The van der Waals surface area contributed by atoms with Gasteiger partial charge in [-0.3, -0.25) is 9.69 Å². The molecule has 3 rings (SSSR count). The molecular formula is C18H23N3O3. The number of hydrogen-bond acceptors (Lipinski definition) is 5. The molecule has 0 spiro atoms. The van der Waals surface area contributed by atoms with E-state index in [0.29, 0.717) is 23.6 Å². The molecule has 0 bridgehead atoms. The predicted octanol–water partition coefficient (Wildman–Crippen LogP) is 2.10. The summed E-state index contributed by atoms with van der Waals surface area (Å²) in [5.74, 6) is 0.411. The number of morpholine rings is 1. The second-order valence-electron chi connectivity index (χ2n) is 5.89. The Kier molecular flexibility index (Phi) is 5.61. The van der Waals surface area contributed by atoms with Gasteiger partial charge >= 0.3 is 0 Å². The summed E-state index contributed by atoms with van der Waals surface area (Å²) in [4.78, 5) is 14.9.